The molecule has 2 heterocycles. The Hall–Kier alpha value is -3.41. The summed E-state index contributed by atoms with van der Waals surface area (Å²) in [6.45, 7) is 2.23. The summed E-state index contributed by atoms with van der Waals surface area (Å²) in [5, 5.41) is 5.77. The summed E-state index contributed by atoms with van der Waals surface area (Å²) in [6, 6.07) is 17.7. The fourth-order valence-electron chi connectivity index (χ4n) is 3.24. The van der Waals surface area contributed by atoms with Crippen molar-refractivity contribution in [2.24, 2.45) is 0 Å². The lowest BCUT2D eigenvalue weighted by Crippen LogP contribution is -2.17. The summed E-state index contributed by atoms with van der Waals surface area (Å²) in [7, 11) is 0. The maximum Gasteiger partial charge on any atom is 0.257 e. The summed E-state index contributed by atoms with van der Waals surface area (Å²) in [6.07, 6.45) is 3.97. The zero-order valence-electron chi connectivity index (χ0n) is 15.4. The minimum atomic E-state index is -0.473. The normalized spacial score (nSPS) is 13.4. The Bertz CT molecular complexity index is 951. The summed E-state index contributed by atoms with van der Waals surface area (Å²) in [5.74, 6) is -0.241. The second-order valence-electron chi connectivity index (χ2n) is 6.73. The highest BCUT2D eigenvalue weighted by atomic mass is 19.1. The molecule has 0 spiro atoms. The molecular weight excluding hydrogens is 355 g/mol. The Kier molecular flexibility index (Phi) is 5.19. The van der Waals surface area contributed by atoms with Gasteiger partial charge in [-0.25, -0.2) is 9.37 Å². The van der Waals surface area contributed by atoms with Gasteiger partial charge in [0.15, 0.2) is 0 Å². The number of benzene rings is 2. The number of nitrogens with one attached hydrogen (secondary N) is 2. The van der Waals surface area contributed by atoms with Crippen molar-refractivity contribution >= 4 is 28.8 Å². The van der Waals surface area contributed by atoms with Crippen molar-refractivity contribution in [1.82, 2.24) is 4.98 Å². The van der Waals surface area contributed by atoms with E-state index in [-0.39, 0.29) is 5.69 Å². The summed E-state index contributed by atoms with van der Waals surface area (Å²) >= 11 is 0. The molecule has 2 aromatic carbocycles. The average Bonchev–Trinajstić information content (AvgIpc) is 3.26. The van der Waals surface area contributed by atoms with Gasteiger partial charge in [0.05, 0.1) is 11.3 Å². The van der Waals surface area contributed by atoms with Crippen LogP contribution < -0.4 is 15.5 Å². The molecule has 6 heteroatoms. The molecule has 1 fully saturated rings. The van der Waals surface area contributed by atoms with E-state index in [0.29, 0.717) is 11.4 Å². The summed E-state index contributed by atoms with van der Waals surface area (Å²) < 4.78 is 13.7. The number of pyridine rings is 1. The van der Waals surface area contributed by atoms with Crippen LogP contribution in [-0.2, 0) is 0 Å². The first-order chi connectivity index (χ1) is 13.7. The molecule has 0 atom stereocenters. The molecule has 142 valence electrons. The van der Waals surface area contributed by atoms with Crippen LogP contribution in [0.25, 0.3) is 0 Å². The van der Waals surface area contributed by atoms with Crippen LogP contribution >= 0.6 is 0 Å². The second-order valence-corrected chi connectivity index (χ2v) is 6.73. The number of hydrogen-bond acceptors (Lipinski definition) is 4. The van der Waals surface area contributed by atoms with Crippen LogP contribution in [0.3, 0.4) is 0 Å². The molecule has 1 aliphatic rings. The Balaban J connectivity index is 1.39. The number of nitrogens with zero attached hydrogens (tertiary/aromatic N) is 2. The smallest absolute Gasteiger partial charge is 0.257 e. The van der Waals surface area contributed by atoms with Crippen molar-refractivity contribution in [3.63, 3.8) is 0 Å². The molecule has 1 aliphatic heterocycles. The van der Waals surface area contributed by atoms with E-state index in [4.69, 9.17) is 0 Å². The molecule has 1 saturated heterocycles. The highest BCUT2D eigenvalue weighted by Crippen LogP contribution is 2.23. The highest BCUT2D eigenvalue weighted by molar-refractivity contribution is 6.04. The quantitative estimate of drug-likeness (QED) is 0.670. The number of carbonyl (C=O) groups excluding carboxylic acids is 1. The molecule has 0 unspecified atom stereocenters. The van der Waals surface area contributed by atoms with E-state index in [1.807, 2.05) is 12.1 Å². The molecule has 1 amide bonds. The van der Waals surface area contributed by atoms with Gasteiger partial charge >= 0.3 is 0 Å². The van der Waals surface area contributed by atoms with Gasteiger partial charge in [0.25, 0.3) is 5.91 Å². The minimum absolute atomic E-state index is 0.146. The third-order valence-corrected chi connectivity index (χ3v) is 4.76. The summed E-state index contributed by atoms with van der Waals surface area (Å²) in [5.41, 5.74) is 2.67. The molecule has 3 aromatic rings. The number of rotatable bonds is 5. The molecule has 4 rings (SSSR count). The molecule has 28 heavy (non-hydrogen) atoms. The van der Waals surface area contributed by atoms with Gasteiger partial charge in [0, 0.05) is 30.7 Å². The fourth-order valence-corrected chi connectivity index (χ4v) is 3.24. The number of hydrogen-bond donors (Lipinski definition) is 2. The van der Waals surface area contributed by atoms with Crippen LogP contribution in [0, 0.1) is 5.82 Å². The lowest BCUT2D eigenvalue weighted by molar-refractivity contribution is 0.102. The number of aromatic nitrogens is 1. The average molecular weight is 376 g/mol. The number of carbonyl (C=O) groups is 1. The van der Waals surface area contributed by atoms with Gasteiger partial charge in [0.2, 0.25) is 0 Å². The van der Waals surface area contributed by atoms with Crippen LogP contribution in [0.5, 0.6) is 0 Å². The largest absolute Gasteiger partial charge is 0.372 e. The molecule has 0 radical (unpaired) electrons. The predicted molar refractivity (Wildman–Crippen MR) is 110 cm³/mol. The van der Waals surface area contributed by atoms with Crippen molar-refractivity contribution < 1.29 is 9.18 Å². The third kappa shape index (κ3) is 4.11. The highest BCUT2D eigenvalue weighted by Gasteiger charge is 2.12. The van der Waals surface area contributed by atoms with E-state index in [9.17, 15) is 9.18 Å². The first-order valence-electron chi connectivity index (χ1n) is 9.33. The van der Waals surface area contributed by atoms with Crippen LogP contribution in [0.1, 0.15) is 23.2 Å². The van der Waals surface area contributed by atoms with Crippen LogP contribution in [0.2, 0.25) is 0 Å². The van der Waals surface area contributed by atoms with E-state index in [1.54, 1.807) is 24.3 Å². The first kappa shape index (κ1) is 18.0. The molecule has 0 saturated carbocycles. The van der Waals surface area contributed by atoms with Gasteiger partial charge in [0.1, 0.15) is 11.6 Å². The predicted octanol–water partition coefficient (Wildman–Crippen LogP) is 4.82. The third-order valence-electron chi connectivity index (χ3n) is 4.76. The number of halogens is 1. The molecule has 0 aliphatic carbocycles. The molecular formula is C22H21FN4O. The Morgan fingerprint density at radius 3 is 2.39 bits per heavy atom. The zero-order valence-corrected chi connectivity index (χ0v) is 15.4. The van der Waals surface area contributed by atoms with Crippen molar-refractivity contribution in [3.8, 4) is 0 Å². The van der Waals surface area contributed by atoms with Crippen LogP contribution in [0.4, 0.5) is 27.3 Å². The van der Waals surface area contributed by atoms with Gasteiger partial charge < -0.3 is 15.5 Å². The van der Waals surface area contributed by atoms with Crippen molar-refractivity contribution in [1.29, 1.82) is 0 Å². The first-order valence-corrected chi connectivity index (χ1v) is 9.33. The number of para-hydroxylation sites is 1. The molecule has 5 nitrogen and oxygen atoms in total. The van der Waals surface area contributed by atoms with Crippen molar-refractivity contribution in [3.05, 3.63) is 78.2 Å². The maximum atomic E-state index is 13.7. The minimum Gasteiger partial charge on any atom is -0.372 e. The van der Waals surface area contributed by atoms with Crippen molar-refractivity contribution in [2.75, 3.05) is 28.6 Å². The van der Waals surface area contributed by atoms with E-state index >= 15 is 0 Å². The van der Waals surface area contributed by atoms with E-state index < -0.39 is 11.7 Å². The summed E-state index contributed by atoms with van der Waals surface area (Å²) in [4.78, 5) is 18.9. The topological polar surface area (TPSA) is 57.3 Å². The van der Waals surface area contributed by atoms with Crippen molar-refractivity contribution in [2.45, 2.75) is 12.8 Å². The van der Waals surface area contributed by atoms with E-state index in [0.717, 1.165) is 18.8 Å². The standard InChI is InChI=1S/C22H21FN4O/c23-19-5-1-2-6-20(19)26-22(28)16-7-12-21(24-15-16)25-17-8-10-18(11-9-17)27-13-3-4-14-27/h1-2,5-12,15H,3-4,13-14H2,(H,24,25)(H,26,28). The monoisotopic (exact) mass is 376 g/mol. The fraction of sp³-hybridized carbons (Fsp3) is 0.182. The SMILES string of the molecule is O=C(Nc1ccccc1F)c1ccc(Nc2ccc(N3CCCC3)cc2)nc1. The Labute approximate surface area is 163 Å². The van der Waals surface area contributed by atoms with Gasteiger partial charge in [-0.3, -0.25) is 4.79 Å². The molecule has 1 aromatic heterocycles. The van der Waals surface area contributed by atoms with E-state index in [1.165, 1.54) is 36.9 Å². The number of amides is 1. The lowest BCUT2D eigenvalue weighted by Gasteiger charge is -2.17. The lowest BCUT2D eigenvalue weighted by atomic mass is 10.2. The van der Waals surface area contributed by atoms with Gasteiger partial charge in [-0.1, -0.05) is 12.1 Å². The molecule has 2 N–H and O–H groups in total. The van der Waals surface area contributed by atoms with E-state index in [2.05, 4.69) is 32.7 Å². The number of anilines is 4. The maximum absolute atomic E-state index is 13.7. The molecule has 0 bridgehead atoms. The second kappa shape index (κ2) is 8.08. The van der Waals surface area contributed by atoms with Gasteiger partial charge in [-0.15, -0.1) is 0 Å². The van der Waals surface area contributed by atoms with Crippen LogP contribution in [-0.4, -0.2) is 24.0 Å². The van der Waals surface area contributed by atoms with Gasteiger partial charge in [-0.05, 0) is 61.4 Å². The Morgan fingerprint density at radius 2 is 1.71 bits per heavy atom. The zero-order chi connectivity index (χ0) is 19.3. The van der Waals surface area contributed by atoms with Gasteiger partial charge in [-0.2, -0.15) is 0 Å². The van der Waals surface area contributed by atoms with Crippen LogP contribution in [0.15, 0.2) is 66.9 Å². The Morgan fingerprint density at radius 1 is 0.964 bits per heavy atom.